The van der Waals surface area contributed by atoms with E-state index in [4.69, 9.17) is 13.9 Å². The third-order valence-electron chi connectivity index (χ3n) is 4.20. The van der Waals surface area contributed by atoms with E-state index in [1.165, 1.54) is 48.5 Å². The molecular weight excluding hydrogens is 379 g/mol. The molecule has 0 atom stereocenters. The lowest BCUT2D eigenvalue weighted by molar-refractivity contribution is -0.158. The number of hydrogen-bond donors (Lipinski definition) is 0. The van der Waals surface area contributed by atoms with E-state index in [0.29, 0.717) is 11.1 Å². The Morgan fingerprint density at radius 2 is 1.76 bits per heavy atom. The molecule has 1 heterocycles. The van der Waals surface area contributed by atoms with E-state index in [0.717, 1.165) is 0 Å². The molecule has 0 saturated carbocycles. The van der Waals surface area contributed by atoms with E-state index in [-0.39, 0.29) is 23.3 Å². The minimum atomic E-state index is -1.20. The van der Waals surface area contributed by atoms with Gasteiger partial charge in [0.25, 0.3) is 0 Å². The minimum Gasteiger partial charge on any atom is -0.476 e. The molecule has 0 fully saturated rings. The predicted molar refractivity (Wildman–Crippen MR) is 104 cm³/mol. The number of carbonyl (C=O) groups is 2. The number of rotatable bonds is 6. The summed E-state index contributed by atoms with van der Waals surface area (Å²) in [7, 11) is 0. The van der Waals surface area contributed by atoms with Crippen LogP contribution in [0.2, 0.25) is 0 Å². The zero-order valence-electron chi connectivity index (χ0n) is 16.2. The van der Waals surface area contributed by atoms with Crippen LogP contribution >= 0.6 is 0 Å². The van der Waals surface area contributed by atoms with Gasteiger partial charge in [0.15, 0.2) is 11.4 Å². The number of hydrogen-bond acceptors (Lipinski definition) is 6. The van der Waals surface area contributed by atoms with E-state index < -0.39 is 28.8 Å². The van der Waals surface area contributed by atoms with Crippen molar-refractivity contribution in [2.45, 2.75) is 26.4 Å². The molecule has 0 radical (unpaired) electrons. The van der Waals surface area contributed by atoms with Gasteiger partial charge < -0.3 is 13.9 Å². The fourth-order valence-corrected chi connectivity index (χ4v) is 2.72. The van der Waals surface area contributed by atoms with E-state index in [1.807, 2.05) is 0 Å². The fraction of sp³-hybridized carbons (Fsp3) is 0.227. The third kappa shape index (κ3) is 4.34. The fourth-order valence-electron chi connectivity index (χ4n) is 2.72. The standard InChI is InChI=1S/C22H19FO6/c1-4-27-21(26)22(2,3)29-16-8-5-13(6-9-16)19(24)17-12-14-11-15(23)7-10-18(14)28-20(17)25/h5-12H,4H2,1-3H3. The summed E-state index contributed by atoms with van der Waals surface area (Å²) in [6.45, 7) is 5.08. The molecule has 0 aliphatic carbocycles. The van der Waals surface area contributed by atoms with Crippen LogP contribution < -0.4 is 10.4 Å². The molecule has 3 rings (SSSR count). The molecule has 0 unspecified atom stereocenters. The maximum absolute atomic E-state index is 13.4. The van der Waals surface area contributed by atoms with Crippen molar-refractivity contribution in [1.29, 1.82) is 0 Å². The van der Waals surface area contributed by atoms with Crippen LogP contribution in [-0.2, 0) is 9.53 Å². The van der Waals surface area contributed by atoms with Gasteiger partial charge in [0.1, 0.15) is 22.7 Å². The molecule has 29 heavy (non-hydrogen) atoms. The van der Waals surface area contributed by atoms with Crippen LogP contribution in [0.3, 0.4) is 0 Å². The molecule has 0 aliphatic rings. The van der Waals surface area contributed by atoms with Crippen molar-refractivity contribution in [2.24, 2.45) is 0 Å². The Hall–Kier alpha value is -3.48. The van der Waals surface area contributed by atoms with Gasteiger partial charge in [-0.1, -0.05) is 0 Å². The molecule has 6 nitrogen and oxygen atoms in total. The molecular formula is C22H19FO6. The first-order chi connectivity index (χ1) is 13.7. The number of benzene rings is 2. The molecule has 1 aromatic heterocycles. The summed E-state index contributed by atoms with van der Waals surface area (Å²) < 4.78 is 29.1. The first kappa shape index (κ1) is 20.3. The largest absolute Gasteiger partial charge is 0.476 e. The average molecular weight is 398 g/mol. The first-order valence-corrected chi connectivity index (χ1v) is 8.95. The predicted octanol–water partition coefficient (Wildman–Crippen LogP) is 3.88. The summed E-state index contributed by atoms with van der Waals surface area (Å²) in [5.41, 5.74) is -1.81. The second-order valence-electron chi connectivity index (χ2n) is 6.82. The van der Waals surface area contributed by atoms with Gasteiger partial charge in [-0.25, -0.2) is 14.0 Å². The van der Waals surface area contributed by atoms with Gasteiger partial charge in [-0.05, 0) is 69.3 Å². The van der Waals surface area contributed by atoms with E-state index in [9.17, 15) is 18.8 Å². The Labute approximate surface area is 165 Å². The monoisotopic (exact) mass is 398 g/mol. The zero-order valence-corrected chi connectivity index (χ0v) is 16.2. The summed E-state index contributed by atoms with van der Waals surface area (Å²) in [5.74, 6) is -1.23. The number of halogens is 1. The molecule has 0 spiro atoms. The lowest BCUT2D eigenvalue weighted by atomic mass is 10.0. The van der Waals surface area contributed by atoms with Crippen molar-refractivity contribution < 1.29 is 27.9 Å². The molecule has 0 bridgehead atoms. The van der Waals surface area contributed by atoms with Gasteiger partial charge in [0.05, 0.1) is 6.61 Å². The van der Waals surface area contributed by atoms with Crippen molar-refractivity contribution >= 4 is 22.7 Å². The van der Waals surface area contributed by atoms with Gasteiger partial charge in [0, 0.05) is 10.9 Å². The van der Waals surface area contributed by atoms with Gasteiger partial charge in [-0.3, -0.25) is 4.79 Å². The first-order valence-electron chi connectivity index (χ1n) is 8.95. The maximum Gasteiger partial charge on any atom is 0.349 e. The highest BCUT2D eigenvalue weighted by Gasteiger charge is 2.31. The SMILES string of the molecule is CCOC(=O)C(C)(C)Oc1ccc(C(=O)c2cc3cc(F)ccc3oc2=O)cc1. The molecule has 0 amide bonds. The van der Waals surface area contributed by atoms with E-state index >= 15 is 0 Å². The highest BCUT2D eigenvalue weighted by atomic mass is 19.1. The van der Waals surface area contributed by atoms with Gasteiger partial charge >= 0.3 is 11.6 Å². The van der Waals surface area contributed by atoms with Gasteiger partial charge in [-0.15, -0.1) is 0 Å². The third-order valence-corrected chi connectivity index (χ3v) is 4.20. The van der Waals surface area contributed by atoms with Crippen molar-refractivity contribution in [2.75, 3.05) is 6.61 Å². The molecule has 0 saturated heterocycles. The van der Waals surface area contributed by atoms with Crippen LogP contribution in [0.1, 0.15) is 36.7 Å². The van der Waals surface area contributed by atoms with Crippen LogP contribution in [0, 0.1) is 5.82 Å². The molecule has 0 N–H and O–H groups in total. The number of ketones is 1. The smallest absolute Gasteiger partial charge is 0.349 e. The quantitative estimate of drug-likeness (QED) is 0.356. The van der Waals surface area contributed by atoms with Crippen LogP contribution in [0.4, 0.5) is 4.39 Å². The average Bonchev–Trinajstić information content (AvgIpc) is 2.68. The topological polar surface area (TPSA) is 82.8 Å². The van der Waals surface area contributed by atoms with Gasteiger partial charge in [-0.2, -0.15) is 0 Å². The zero-order chi connectivity index (χ0) is 21.2. The van der Waals surface area contributed by atoms with Gasteiger partial charge in [0.2, 0.25) is 0 Å². The molecule has 150 valence electrons. The Bertz CT molecular complexity index is 1130. The maximum atomic E-state index is 13.4. The summed E-state index contributed by atoms with van der Waals surface area (Å²) in [6.07, 6.45) is 0. The normalized spacial score (nSPS) is 11.3. The van der Waals surface area contributed by atoms with Crippen molar-refractivity contribution in [3.8, 4) is 5.75 Å². The Morgan fingerprint density at radius 3 is 2.41 bits per heavy atom. The lowest BCUT2D eigenvalue weighted by Crippen LogP contribution is -2.39. The second-order valence-corrected chi connectivity index (χ2v) is 6.82. The molecule has 0 aliphatic heterocycles. The second kappa shape index (κ2) is 7.87. The number of ether oxygens (including phenoxy) is 2. The summed E-state index contributed by atoms with van der Waals surface area (Å²) in [4.78, 5) is 36.8. The van der Waals surface area contributed by atoms with Crippen LogP contribution in [0.25, 0.3) is 11.0 Å². The van der Waals surface area contributed by atoms with Crippen molar-refractivity contribution in [3.05, 3.63) is 75.9 Å². The van der Waals surface area contributed by atoms with Crippen molar-refractivity contribution in [1.82, 2.24) is 0 Å². The molecule has 2 aromatic carbocycles. The highest BCUT2D eigenvalue weighted by molar-refractivity contribution is 6.09. The Balaban J connectivity index is 1.86. The van der Waals surface area contributed by atoms with Crippen LogP contribution in [0.15, 0.2) is 57.7 Å². The Morgan fingerprint density at radius 1 is 1.07 bits per heavy atom. The number of fused-ring (bicyclic) bond motifs is 1. The highest BCUT2D eigenvalue weighted by Crippen LogP contribution is 2.22. The minimum absolute atomic E-state index is 0.192. The van der Waals surface area contributed by atoms with Crippen LogP contribution in [-0.4, -0.2) is 24.0 Å². The number of carbonyl (C=O) groups excluding carboxylic acids is 2. The lowest BCUT2D eigenvalue weighted by Gasteiger charge is -2.24. The number of esters is 1. The van der Waals surface area contributed by atoms with E-state index in [2.05, 4.69) is 0 Å². The summed E-state index contributed by atoms with van der Waals surface area (Å²) in [5, 5.41) is 0.309. The molecule has 3 aromatic rings. The Kier molecular flexibility index (Phi) is 5.50. The van der Waals surface area contributed by atoms with Crippen molar-refractivity contribution in [3.63, 3.8) is 0 Å². The van der Waals surface area contributed by atoms with Crippen LogP contribution in [0.5, 0.6) is 5.75 Å². The summed E-state index contributed by atoms with van der Waals surface area (Å²) in [6, 6.07) is 10.9. The molecule has 7 heteroatoms. The van der Waals surface area contributed by atoms with E-state index in [1.54, 1.807) is 20.8 Å². The summed E-state index contributed by atoms with van der Waals surface area (Å²) >= 11 is 0.